The van der Waals surface area contributed by atoms with E-state index in [1.807, 2.05) is 0 Å². The molecule has 0 fully saturated rings. The van der Waals surface area contributed by atoms with Crippen LogP contribution in [0.4, 0.5) is 14.5 Å². The molecular weight excluding hydrogens is 472 g/mol. The van der Waals surface area contributed by atoms with Crippen molar-refractivity contribution >= 4 is 28.9 Å². The van der Waals surface area contributed by atoms with E-state index in [0.717, 1.165) is 0 Å². The highest BCUT2D eigenvalue weighted by molar-refractivity contribution is 6.32. The van der Waals surface area contributed by atoms with Crippen LogP contribution in [0.2, 0.25) is 5.02 Å². The Hall–Kier alpha value is -3.84. The van der Waals surface area contributed by atoms with E-state index in [1.165, 1.54) is 17.0 Å². The molecule has 176 valence electrons. The summed E-state index contributed by atoms with van der Waals surface area (Å²) >= 11 is 6.30. The van der Waals surface area contributed by atoms with Gasteiger partial charge in [-0.05, 0) is 56.3 Å². The number of benzodiazepines with no additional fused rings is 1. The molecule has 0 aliphatic carbocycles. The molecule has 5 nitrogen and oxygen atoms in total. The summed E-state index contributed by atoms with van der Waals surface area (Å²) in [6, 6.07) is 16.7. The Kier molecular flexibility index (Phi) is 5.94. The largest absolute Gasteiger partial charge is 0.441 e. The summed E-state index contributed by atoms with van der Waals surface area (Å²) in [5.41, 5.74) is 2.36. The summed E-state index contributed by atoms with van der Waals surface area (Å²) < 4.78 is 34.8. The number of carbonyl (C=O) groups is 1. The van der Waals surface area contributed by atoms with Crippen LogP contribution < -0.4 is 4.90 Å². The molecule has 1 aliphatic heterocycles. The topological polar surface area (TPSA) is 58.7 Å². The van der Waals surface area contributed by atoms with Gasteiger partial charge in [-0.25, -0.2) is 13.8 Å². The van der Waals surface area contributed by atoms with Crippen LogP contribution in [0.25, 0.3) is 11.5 Å². The van der Waals surface area contributed by atoms with Crippen molar-refractivity contribution in [3.63, 3.8) is 0 Å². The van der Waals surface area contributed by atoms with Crippen molar-refractivity contribution in [2.45, 2.75) is 26.4 Å². The number of carbonyl (C=O) groups excluding carboxylic acids is 1. The van der Waals surface area contributed by atoms with Gasteiger partial charge in [0, 0.05) is 16.1 Å². The van der Waals surface area contributed by atoms with Gasteiger partial charge < -0.3 is 9.32 Å². The first-order chi connectivity index (χ1) is 16.8. The van der Waals surface area contributed by atoms with Gasteiger partial charge in [0.25, 0.3) is 5.91 Å². The van der Waals surface area contributed by atoms with E-state index in [0.29, 0.717) is 33.4 Å². The average molecular weight is 492 g/mol. The zero-order chi connectivity index (χ0) is 24.7. The minimum atomic E-state index is -0.797. The van der Waals surface area contributed by atoms with Crippen LogP contribution in [0.15, 0.2) is 76.1 Å². The number of benzene rings is 3. The van der Waals surface area contributed by atoms with E-state index < -0.39 is 17.7 Å². The van der Waals surface area contributed by atoms with Gasteiger partial charge in [0.2, 0.25) is 5.89 Å². The van der Waals surface area contributed by atoms with E-state index in [-0.39, 0.29) is 29.5 Å². The molecule has 1 aliphatic rings. The molecule has 5 rings (SSSR count). The summed E-state index contributed by atoms with van der Waals surface area (Å²) in [7, 11) is 0. The maximum atomic E-state index is 14.8. The molecule has 8 heteroatoms. The number of anilines is 1. The fourth-order valence-electron chi connectivity index (χ4n) is 4.10. The lowest BCUT2D eigenvalue weighted by atomic mass is 9.99. The molecule has 0 bridgehead atoms. The molecule has 35 heavy (non-hydrogen) atoms. The second kappa shape index (κ2) is 9.07. The number of amides is 1. The smallest absolute Gasteiger partial charge is 0.251 e. The molecule has 1 atom stereocenters. The van der Waals surface area contributed by atoms with E-state index in [4.69, 9.17) is 16.0 Å². The van der Waals surface area contributed by atoms with Gasteiger partial charge in [-0.2, -0.15) is 0 Å². The third kappa shape index (κ3) is 4.23. The van der Waals surface area contributed by atoms with Crippen molar-refractivity contribution in [3.05, 3.63) is 106 Å². The Morgan fingerprint density at radius 3 is 2.31 bits per heavy atom. The van der Waals surface area contributed by atoms with Crippen molar-refractivity contribution in [2.24, 2.45) is 4.99 Å². The van der Waals surface area contributed by atoms with Gasteiger partial charge in [0.1, 0.15) is 29.1 Å². The SMILES string of the molecule is Cc1oc(-c2ccccc2F)nc1CN1C(=O)[C@@H](C)N=C(c2ccccc2F)c2cc(Cl)ccc21. The molecule has 0 N–H and O–H groups in total. The third-order valence-electron chi connectivity index (χ3n) is 5.88. The zero-order valence-electron chi connectivity index (χ0n) is 18.9. The van der Waals surface area contributed by atoms with Crippen LogP contribution in [-0.4, -0.2) is 22.6 Å². The van der Waals surface area contributed by atoms with Crippen LogP contribution in [0.5, 0.6) is 0 Å². The third-order valence-corrected chi connectivity index (χ3v) is 6.12. The monoisotopic (exact) mass is 491 g/mol. The van der Waals surface area contributed by atoms with Gasteiger partial charge in [0.05, 0.1) is 23.5 Å². The zero-order valence-corrected chi connectivity index (χ0v) is 19.7. The number of aromatic nitrogens is 1. The molecule has 3 aromatic carbocycles. The highest BCUT2D eigenvalue weighted by Gasteiger charge is 2.32. The predicted octanol–water partition coefficient (Wildman–Crippen LogP) is 6.35. The normalized spacial score (nSPS) is 15.6. The standard InChI is InChI=1S/C27H20ClF2N3O2/c1-15-27(34)33(14-23-16(2)35-26(32-23)19-8-4-6-10-22(19)30)24-12-11-17(28)13-20(24)25(31-15)18-7-3-5-9-21(18)29/h3-13,15H,14H2,1-2H3/t15-/m1/s1. The Morgan fingerprint density at radius 2 is 1.63 bits per heavy atom. The number of fused-ring (bicyclic) bond motifs is 1. The van der Waals surface area contributed by atoms with Gasteiger partial charge in [0.15, 0.2) is 0 Å². The molecule has 1 amide bonds. The maximum Gasteiger partial charge on any atom is 0.251 e. The molecule has 0 radical (unpaired) electrons. The summed E-state index contributed by atoms with van der Waals surface area (Å²) in [5, 5.41) is 0.425. The molecule has 0 saturated heterocycles. The van der Waals surface area contributed by atoms with E-state index in [1.54, 1.807) is 68.4 Å². The number of nitrogens with zero attached hydrogens (tertiary/aromatic N) is 3. The summed E-state index contributed by atoms with van der Waals surface area (Å²) in [6.07, 6.45) is 0. The molecule has 2 heterocycles. The molecular formula is C27H20ClF2N3O2. The number of aryl methyl sites for hydroxylation is 1. The first-order valence-electron chi connectivity index (χ1n) is 11.0. The molecule has 0 unspecified atom stereocenters. The van der Waals surface area contributed by atoms with Gasteiger partial charge in [-0.1, -0.05) is 35.9 Å². The van der Waals surface area contributed by atoms with Gasteiger partial charge in [-0.15, -0.1) is 0 Å². The highest BCUT2D eigenvalue weighted by Crippen LogP contribution is 2.33. The van der Waals surface area contributed by atoms with E-state index in [9.17, 15) is 13.6 Å². The number of halogens is 3. The number of hydrogen-bond acceptors (Lipinski definition) is 4. The highest BCUT2D eigenvalue weighted by atomic mass is 35.5. The van der Waals surface area contributed by atoms with Crippen molar-refractivity contribution in [3.8, 4) is 11.5 Å². The average Bonchev–Trinajstić information content (AvgIpc) is 3.17. The van der Waals surface area contributed by atoms with Crippen LogP contribution in [0.3, 0.4) is 0 Å². The van der Waals surface area contributed by atoms with E-state index >= 15 is 0 Å². The lowest BCUT2D eigenvalue weighted by Crippen LogP contribution is -2.36. The van der Waals surface area contributed by atoms with Crippen LogP contribution in [0.1, 0.15) is 29.5 Å². The molecule has 4 aromatic rings. The number of rotatable bonds is 4. The Labute approximate surface area is 205 Å². The number of aliphatic imine (C=N–C) groups is 1. The second-order valence-electron chi connectivity index (χ2n) is 8.22. The quantitative estimate of drug-likeness (QED) is 0.334. The van der Waals surface area contributed by atoms with Crippen molar-refractivity contribution in [1.29, 1.82) is 0 Å². The fourth-order valence-corrected chi connectivity index (χ4v) is 4.27. The first-order valence-corrected chi connectivity index (χ1v) is 11.4. The minimum absolute atomic E-state index is 0.0572. The summed E-state index contributed by atoms with van der Waals surface area (Å²) in [4.78, 5) is 24.1. The van der Waals surface area contributed by atoms with E-state index in [2.05, 4.69) is 9.98 Å². The van der Waals surface area contributed by atoms with Crippen LogP contribution in [-0.2, 0) is 11.3 Å². The maximum absolute atomic E-state index is 14.8. The van der Waals surface area contributed by atoms with Crippen LogP contribution in [0, 0.1) is 18.6 Å². The predicted molar refractivity (Wildman–Crippen MR) is 131 cm³/mol. The second-order valence-corrected chi connectivity index (χ2v) is 8.66. The summed E-state index contributed by atoms with van der Waals surface area (Å²) in [5.74, 6) is -0.617. The van der Waals surface area contributed by atoms with Crippen molar-refractivity contribution < 1.29 is 18.0 Å². The molecule has 1 aromatic heterocycles. The Balaban J connectivity index is 1.60. The summed E-state index contributed by atoms with van der Waals surface area (Å²) in [6.45, 7) is 3.42. The molecule has 0 spiro atoms. The molecule has 0 saturated carbocycles. The first kappa shape index (κ1) is 22.9. The van der Waals surface area contributed by atoms with Gasteiger partial charge in [-0.3, -0.25) is 9.79 Å². The van der Waals surface area contributed by atoms with Crippen LogP contribution >= 0.6 is 11.6 Å². The Bertz CT molecular complexity index is 1480. The van der Waals surface area contributed by atoms with Crippen molar-refractivity contribution in [2.75, 3.05) is 4.90 Å². The lowest BCUT2D eigenvalue weighted by Gasteiger charge is -2.24. The minimum Gasteiger partial charge on any atom is -0.441 e. The number of hydrogen-bond donors (Lipinski definition) is 0. The fraction of sp³-hybridized carbons (Fsp3) is 0.148. The Morgan fingerprint density at radius 1 is 0.971 bits per heavy atom. The van der Waals surface area contributed by atoms with Gasteiger partial charge >= 0.3 is 0 Å². The number of oxazole rings is 1. The van der Waals surface area contributed by atoms with Crippen molar-refractivity contribution in [1.82, 2.24) is 4.98 Å². The lowest BCUT2D eigenvalue weighted by molar-refractivity contribution is -0.119.